The molecule has 1 atom stereocenters. The minimum atomic E-state index is -0.363. The fourth-order valence-electron chi connectivity index (χ4n) is 1.60. The van der Waals surface area contributed by atoms with Crippen LogP contribution in [0.5, 0.6) is 0 Å². The molecule has 1 unspecified atom stereocenters. The van der Waals surface area contributed by atoms with E-state index in [9.17, 15) is 9.18 Å². The van der Waals surface area contributed by atoms with Crippen LogP contribution >= 0.6 is 0 Å². The molecule has 1 aromatic carbocycles. The van der Waals surface area contributed by atoms with Crippen molar-refractivity contribution in [2.75, 3.05) is 6.54 Å². The average Bonchev–Trinajstić information content (AvgIpc) is 2.31. The molecule has 1 aromatic rings. The molecule has 0 spiro atoms. The smallest absolute Gasteiger partial charge is 0.251 e. The highest BCUT2D eigenvalue weighted by Crippen LogP contribution is 2.09. The van der Waals surface area contributed by atoms with Crippen LogP contribution in [0.15, 0.2) is 18.2 Å². The molecule has 0 saturated heterocycles. The highest BCUT2D eigenvalue weighted by Gasteiger charge is 2.12. The maximum Gasteiger partial charge on any atom is 0.251 e. The molecule has 1 rings (SSSR count). The number of carbonyl (C=O) groups is 1. The Labute approximate surface area is 101 Å². The Morgan fingerprint density at radius 3 is 2.76 bits per heavy atom. The van der Waals surface area contributed by atoms with Gasteiger partial charge in [-0.25, -0.2) is 4.39 Å². The third-order valence-electron chi connectivity index (χ3n) is 2.69. The van der Waals surface area contributed by atoms with Crippen molar-refractivity contribution in [2.24, 2.45) is 5.73 Å². The maximum atomic E-state index is 13.3. The fraction of sp³-hybridized carbons (Fsp3) is 0.462. The van der Waals surface area contributed by atoms with E-state index in [2.05, 4.69) is 5.32 Å². The number of aryl methyl sites for hydroxylation is 1. The predicted octanol–water partition coefficient (Wildman–Crippen LogP) is 1.99. The zero-order valence-corrected chi connectivity index (χ0v) is 10.3. The summed E-state index contributed by atoms with van der Waals surface area (Å²) in [5, 5.41) is 2.80. The molecule has 0 radical (unpaired) electrons. The van der Waals surface area contributed by atoms with E-state index < -0.39 is 0 Å². The second kappa shape index (κ2) is 6.35. The number of nitrogens with one attached hydrogen (secondary N) is 1. The van der Waals surface area contributed by atoms with Gasteiger partial charge >= 0.3 is 0 Å². The summed E-state index contributed by atoms with van der Waals surface area (Å²) in [6, 6.07) is 4.43. The van der Waals surface area contributed by atoms with Crippen molar-refractivity contribution >= 4 is 5.91 Å². The molecule has 0 saturated carbocycles. The lowest BCUT2D eigenvalue weighted by atomic mass is 10.1. The van der Waals surface area contributed by atoms with Gasteiger partial charge in [0.15, 0.2) is 0 Å². The third kappa shape index (κ3) is 3.82. The molecule has 0 heterocycles. The zero-order chi connectivity index (χ0) is 12.8. The van der Waals surface area contributed by atoms with E-state index in [4.69, 9.17) is 5.73 Å². The Bertz CT molecular complexity index is 393. The number of rotatable bonds is 5. The number of hydrogen-bond acceptors (Lipinski definition) is 2. The fourth-order valence-corrected chi connectivity index (χ4v) is 1.60. The number of nitrogens with two attached hydrogens (primary N) is 1. The molecule has 17 heavy (non-hydrogen) atoms. The van der Waals surface area contributed by atoms with Crippen LogP contribution < -0.4 is 11.1 Å². The third-order valence-corrected chi connectivity index (χ3v) is 2.69. The highest BCUT2D eigenvalue weighted by atomic mass is 19.1. The molecular weight excluding hydrogens is 219 g/mol. The Morgan fingerprint density at radius 2 is 2.24 bits per heavy atom. The van der Waals surface area contributed by atoms with Gasteiger partial charge in [-0.3, -0.25) is 4.79 Å². The predicted molar refractivity (Wildman–Crippen MR) is 66.4 cm³/mol. The summed E-state index contributed by atoms with van der Waals surface area (Å²) in [5.41, 5.74) is 6.42. The first kappa shape index (κ1) is 13.6. The number of carbonyl (C=O) groups excluding carboxylic acids is 1. The summed E-state index contributed by atoms with van der Waals surface area (Å²) in [4.78, 5) is 11.8. The second-order valence-corrected chi connectivity index (χ2v) is 4.16. The van der Waals surface area contributed by atoms with E-state index in [1.165, 1.54) is 6.07 Å². The SMILES string of the molecule is CCCC(CN)NC(=O)c1ccc(C)c(F)c1. The Balaban J connectivity index is 2.72. The quantitative estimate of drug-likeness (QED) is 0.824. The van der Waals surface area contributed by atoms with Gasteiger partial charge in [0.05, 0.1) is 0 Å². The van der Waals surface area contributed by atoms with Crippen molar-refractivity contribution < 1.29 is 9.18 Å². The second-order valence-electron chi connectivity index (χ2n) is 4.16. The maximum absolute atomic E-state index is 13.3. The zero-order valence-electron chi connectivity index (χ0n) is 10.3. The van der Waals surface area contributed by atoms with E-state index in [1.807, 2.05) is 6.92 Å². The lowest BCUT2D eigenvalue weighted by molar-refractivity contribution is 0.0935. The minimum absolute atomic E-state index is 0.0446. The minimum Gasteiger partial charge on any atom is -0.348 e. The standard InChI is InChI=1S/C13H19FN2O/c1-3-4-11(8-15)16-13(17)10-6-5-9(2)12(14)7-10/h5-7,11H,3-4,8,15H2,1-2H3,(H,16,17). The molecule has 0 fully saturated rings. The van der Waals surface area contributed by atoms with Gasteiger partial charge in [-0.1, -0.05) is 19.4 Å². The Kier molecular flexibility index (Phi) is 5.10. The molecule has 0 aliphatic heterocycles. The number of benzene rings is 1. The number of halogens is 1. The summed E-state index contributed by atoms with van der Waals surface area (Å²) in [5.74, 6) is -0.634. The monoisotopic (exact) mass is 238 g/mol. The summed E-state index contributed by atoms with van der Waals surface area (Å²) in [7, 11) is 0. The summed E-state index contributed by atoms with van der Waals surface area (Å²) in [6.45, 7) is 4.09. The molecule has 0 aliphatic carbocycles. The molecule has 94 valence electrons. The lowest BCUT2D eigenvalue weighted by Crippen LogP contribution is -2.40. The Hall–Kier alpha value is -1.42. The van der Waals surface area contributed by atoms with Gasteiger partial charge in [0.25, 0.3) is 5.91 Å². The molecule has 3 N–H and O–H groups in total. The largest absolute Gasteiger partial charge is 0.348 e. The van der Waals surface area contributed by atoms with Crippen LogP contribution in [0.4, 0.5) is 4.39 Å². The van der Waals surface area contributed by atoms with Crippen LogP contribution in [0.1, 0.15) is 35.7 Å². The Morgan fingerprint density at radius 1 is 1.53 bits per heavy atom. The molecule has 0 aliphatic rings. The van der Waals surface area contributed by atoms with Crippen molar-refractivity contribution in [3.05, 3.63) is 35.1 Å². The average molecular weight is 238 g/mol. The van der Waals surface area contributed by atoms with Gasteiger partial charge in [-0.15, -0.1) is 0 Å². The van der Waals surface area contributed by atoms with Crippen LogP contribution in [0.25, 0.3) is 0 Å². The van der Waals surface area contributed by atoms with Gasteiger partial charge < -0.3 is 11.1 Å². The number of hydrogen-bond donors (Lipinski definition) is 2. The van der Waals surface area contributed by atoms with E-state index in [0.29, 0.717) is 17.7 Å². The van der Waals surface area contributed by atoms with E-state index in [0.717, 1.165) is 12.8 Å². The lowest BCUT2D eigenvalue weighted by Gasteiger charge is -2.16. The van der Waals surface area contributed by atoms with E-state index >= 15 is 0 Å². The van der Waals surface area contributed by atoms with E-state index in [1.54, 1.807) is 19.1 Å². The van der Waals surface area contributed by atoms with Crippen LogP contribution in [0, 0.1) is 12.7 Å². The van der Waals surface area contributed by atoms with Gasteiger partial charge in [0.2, 0.25) is 0 Å². The molecule has 3 nitrogen and oxygen atoms in total. The first-order chi connectivity index (χ1) is 8.08. The topological polar surface area (TPSA) is 55.1 Å². The summed E-state index contributed by atoms with van der Waals surface area (Å²) >= 11 is 0. The van der Waals surface area contributed by atoms with Crippen LogP contribution in [-0.4, -0.2) is 18.5 Å². The van der Waals surface area contributed by atoms with Gasteiger partial charge in [0, 0.05) is 18.2 Å². The highest BCUT2D eigenvalue weighted by molar-refractivity contribution is 5.94. The molecule has 4 heteroatoms. The van der Waals surface area contributed by atoms with Crippen molar-refractivity contribution in [1.29, 1.82) is 0 Å². The van der Waals surface area contributed by atoms with Crippen LogP contribution in [-0.2, 0) is 0 Å². The van der Waals surface area contributed by atoms with Crippen molar-refractivity contribution in [2.45, 2.75) is 32.7 Å². The first-order valence-electron chi connectivity index (χ1n) is 5.85. The van der Waals surface area contributed by atoms with Crippen LogP contribution in [0.2, 0.25) is 0 Å². The van der Waals surface area contributed by atoms with Gasteiger partial charge in [-0.2, -0.15) is 0 Å². The number of amides is 1. The van der Waals surface area contributed by atoms with Crippen molar-refractivity contribution in [1.82, 2.24) is 5.32 Å². The normalized spacial score (nSPS) is 12.2. The molecule has 1 amide bonds. The van der Waals surface area contributed by atoms with Gasteiger partial charge in [0.1, 0.15) is 5.82 Å². The summed E-state index contributed by atoms with van der Waals surface area (Å²) in [6.07, 6.45) is 1.78. The van der Waals surface area contributed by atoms with Crippen molar-refractivity contribution in [3.8, 4) is 0 Å². The molecule has 0 bridgehead atoms. The van der Waals surface area contributed by atoms with E-state index in [-0.39, 0.29) is 17.8 Å². The molecule has 0 aromatic heterocycles. The van der Waals surface area contributed by atoms with Gasteiger partial charge in [-0.05, 0) is 31.0 Å². The first-order valence-corrected chi connectivity index (χ1v) is 5.85. The van der Waals surface area contributed by atoms with Crippen molar-refractivity contribution in [3.63, 3.8) is 0 Å². The van der Waals surface area contributed by atoms with Crippen LogP contribution in [0.3, 0.4) is 0 Å². The molecular formula is C13H19FN2O. The summed E-state index contributed by atoms with van der Waals surface area (Å²) < 4.78 is 13.3.